The summed E-state index contributed by atoms with van der Waals surface area (Å²) in [4.78, 5) is 4.42. The summed E-state index contributed by atoms with van der Waals surface area (Å²) in [5, 5.41) is 7.75. The smallest absolute Gasteiger partial charge is 0.107 e. The van der Waals surface area contributed by atoms with E-state index >= 15 is 0 Å². The third-order valence-electron chi connectivity index (χ3n) is 2.67. The molecular weight excluding hydrogens is 287 g/mol. The molecule has 0 aliphatic carbocycles. The van der Waals surface area contributed by atoms with Crippen LogP contribution in [0.4, 0.5) is 0 Å². The molecule has 0 saturated carbocycles. The van der Waals surface area contributed by atoms with Crippen molar-refractivity contribution >= 4 is 34.5 Å². The Morgan fingerprint density at radius 3 is 2.72 bits per heavy atom. The van der Waals surface area contributed by atoms with E-state index in [0.717, 1.165) is 22.8 Å². The summed E-state index contributed by atoms with van der Waals surface area (Å²) in [5.74, 6) is 0. The van der Waals surface area contributed by atoms with Gasteiger partial charge in [0, 0.05) is 23.7 Å². The van der Waals surface area contributed by atoms with Crippen LogP contribution in [0.1, 0.15) is 29.2 Å². The summed E-state index contributed by atoms with van der Waals surface area (Å²) in [6, 6.07) is 5.92. The van der Waals surface area contributed by atoms with E-state index in [1.807, 2.05) is 25.1 Å². The van der Waals surface area contributed by atoms with Crippen molar-refractivity contribution in [2.75, 3.05) is 0 Å². The van der Waals surface area contributed by atoms with Crippen LogP contribution in [0.25, 0.3) is 0 Å². The number of nitrogens with zero attached hydrogens (tertiary/aromatic N) is 1. The average Bonchev–Trinajstić information content (AvgIpc) is 2.75. The van der Waals surface area contributed by atoms with Crippen LogP contribution < -0.4 is 5.32 Å². The molecule has 18 heavy (non-hydrogen) atoms. The van der Waals surface area contributed by atoms with Gasteiger partial charge < -0.3 is 5.32 Å². The fourth-order valence-electron chi connectivity index (χ4n) is 1.62. The lowest BCUT2D eigenvalue weighted by molar-refractivity contribution is 0.573. The van der Waals surface area contributed by atoms with Gasteiger partial charge in [-0.3, -0.25) is 0 Å². The first-order chi connectivity index (χ1) is 8.56. The van der Waals surface area contributed by atoms with Crippen LogP contribution >= 0.6 is 34.5 Å². The molecule has 1 heterocycles. The lowest BCUT2D eigenvalue weighted by atomic mass is 10.1. The molecule has 0 aliphatic heterocycles. The fraction of sp³-hybridized carbons (Fsp3) is 0.308. The Labute approximate surface area is 121 Å². The van der Waals surface area contributed by atoms with Gasteiger partial charge in [-0.05, 0) is 31.5 Å². The summed E-state index contributed by atoms with van der Waals surface area (Å²) in [7, 11) is 0. The maximum absolute atomic E-state index is 6.01. The predicted octanol–water partition coefficient (Wildman–Crippen LogP) is 4.61. The van der Waals surface area contributed by atoms with Gasteiger partial charge in [-0.15, -0.1) is 11.3 Å². The van der Waals surface area contributed by atoms with Gasteiger partial charge in [0.05, 0.1) is 10.0 Å². The van der Waals surface area contributed by atoms with Gasteiger partial charge in [0.2, 0.25) is 0 Å². The summed E-state index contributed by atoms with van der Waals surface area (Å²) >= 11 is 13.6. The van der Waals surface area contributed by atoms with E-state index in [9.17, 15) is 0 Å². The van der Waals surface area contributed by atoms with Crippen molar-refractivity contribution in [3.63, 3.8) is 0 Å². The number of thiazole rings is 1. The number of benzene rings is 1. The number of hydrogen-bond acceptors (Lipinski definition) is 3. The molecule has 2 aromatic rings. The molecule has 2 rings (SSSR count). The van der Waals surface area contributed by atoms with Crippen LogP contribution in [0.2, 0.25) is 10.0 Å². The van der Waals surface area contributed by atoms with Crippen molar-refractivity contribution in [2.45, 2.75) is 26.4 Å². The van der Waals surface area contributed by atoms with E-state index in [0.29, 0.717) is 10.0 Å². The Morgan fingerprint density at radius 2 is 2.11 bits per heavy atom. The van der Waals surface area contributed by atoms with Gasteiger partial charge in [0.15, 0.2) is 0 Å². The van der Waals surface area contributed by atoms with Crippen molar-refractivity contribution < 1.29 is 0 Å². The highest BCUT2D eigenvalue weighted by Crippen LogP contribution is 2.25. The molecule has 96 valence electrons. The van der Waals surface area contributed by atoms with Crippen LogP contribution in [0.3, 0.4) is 0 Å². The Balaban J connectivity index is 1.99. The van der Waals surface area contributed by atoms with E-state index in [4.69, 9.17) is 23.2 Å². The Morgan fingerprint density at radius 1 is 1.33 bits per heavy atom. The van der Waals surface area contributed by atoms with Crippen LogP contribution in [-0.2, 0) is 6.54 Å². The highest BCUT2D eigenvalue weighted by Gasteiger charge is 2.08. The van der Waals surface area contributed by atoms with E-state index < -0.39 is 0 Å². The molecule has 0 aliphatic rings. The molecule has 5 heteroatoms. The SMILES string of the molecule is Cc1csc(CNC(C)c2ccc(Cl)c(Cl)c2)n1. The zero-order chi connectivity index (χ0) is 13.1. The first-order valence-corrected chi connectivity index (χ1v) is 7.29. The van der Waals surface area contributed by atoms with E-state index in [1.165, 1.54) is 0 Å². The van der Waals surface area contributed by atoms with Gasteiger partial charge in [0.1, 0.15) is 5.01 Å². The standard InChI is InChI=1S/C13H14Cl2N2S/c1-8-7-18-13(17-8)6-16-9(2)10-3-4-11(14)12(15)5-10/h3-5,7,9,16H,6H2,1-2H3. The molecule has 0 amide bonds. The second-order valence-electron chi connectivity index (χ2n) is 4.16. The highest BCUT2D eigenvalue weighted by molar-refractivity contribution is 7.09. The molecule has 1 aromatic heterocycles. The quantitative estimate of drug-likeness (QED) is 0.892. The van der Waals surface area contributed by atoms with E-state index in [1.54, 1.807) is 11.3 Å². The molecule has 0 bridgehead atoms. The maximum atomic E-state index is 6.01. The molecule has 1 aromatic carbocycles. The number of aromatic nitrogens is 1. The molecule has 1 atom stereocenters. The zero-order valence-corrected chi connectivity index (χ0v) is 12.5. The molecule has 0 radical (unpaired) electrons. The Bertz CT molecular complexity index is 540. The Kier molecular flexibility index (Phi) is 4.62. The molecule has 0 saturated heterocycles. The van der Waals surface area contributed by atoms with E-state index in [-0.39, 0.29) is 6.04 Å². The monoisotopic (exact) mass is 300 g/mol. The predicted molar refractivity (Wildman–Crippen MR) is 78.6 cm³/mol. The fourth-order valence-corrected chi connectivity index (χ4v) is 2.65. The zero-order valence-electron chi connectivity index (χ0n) is 10.2. The maximum Gasteiger partial charge on any atom is 0.107 e. The molecule has 0 fully saturated rings. The number of nitrogens with one attached hydrogen (secondary N) is 1. The second-order valence-corrected chi connectivity index (χ2v) is 5.92. The van der Waals surface area contributed by atoms with Gasteiger partial charge in [0.25, 0.3) is 0 Å². The Hall–Kier alpha value is -0.610. The third-order valence-corrected chi connectivity index (χ3v) is 4.38. The normalized spacial score (nSPS) is 12.7. The highest BCUT2D eigenvalue weighted by atomic mass is 35.5. The lowest BCUT2D eigenvalue weighted by Crippen LogP contribution is -2.17. The lowest BCUT2D eigenvalue weighted by Gasteiger charge is -2.13. The number of halogens is 2. The average molecular weight is 301 g/mol. The van der Waals surface area contributed by atoms with Crippen molar-refractivity contribution in [2.24, 2.45) is 0 Å². The first kappa shape index (κ1) is 13.8. The second kappa shape index (κ2) is 6.02. The van der Waals surface area contributed by atoms with Gasteiger partial charge in [-0.1, -0.05) is 29.3 Å². The van der Waals surface area contributed by atoms with Crippen LogP contribution in [-0.4, -0.2) is 4.98 Å². The minimum Gasteiger partial charge on any atom is -0.304 e. The summed E-state index contributed by atoms with van der Waals surface area (Å²) < 4.78 is 0. The molecule has 1 N–H and O–H groups in total. The number of aryl methyl sites for hydroxylation is 1. The molecule has 2 nitrogen and oxygen atoms in total. The van der Waals surface area contributed by atoms with Crippen molar-refractivity contribution in [1.29, 1.82) is 0 Å². The van der Waals surface area contributed by atoms with Gasteiger partial charge >= 0.3 is 0 Å². The van der Waals surface area contributed by atoms with Crippen LogP contribution in [0, 0.1) is 6.92 Å². The summed E-state index contributed by atoms with van der Waals surface area (Å²) in [6.07, 6.45) is 0. The van der Waals surface area contributed by atoms with Crippen LogP contribution in [0.15, 0.2) is 23.6 Å². The third kappa shape index (κ3) is 3.45. The summed E-state index contributed by atoms with van der Waals surface area (Å²) in [5.41, 5.74) is 2.19. The minimum atomic E-state index is 0.212. The van der Waals surface area contributed by atoms with Gasteiger partial charge in [-0.2, -0.15) is 0 Å². The van der Waals surface area contributed by atoms with Crippen molar-refractivity contribution in [3.8, 4) is 0 Å². The van der Waals surface area contributed by atoms with Crippen molar-refractivity contribution in [3.05, 3.63) is 49.9 Å². The number of hydrogen-bond donors (Lipinski definition) is 1. The topological polar surface area (TPSA) is 24.9 Å². The first-order valence-electron chi connectivity index (χ1n) is 5.65. The van der Waals surface area contributed by atoms with Crippen molar-refractivity contribution in [1.82, 2.24) is 10.3 Å². The molecular formula is C13H14Cl2N2S. The van der Waals surface area contributed by atoms with E-state index in [2.05, 4.69) is 22.6 Å². The molecule has 0 spiro atoms. The minimum absolute atomic E-state index is 0.212. The van der Waals surface area contributed by atoms with Gasteiger partial charge in [-0.25, -0.2) is 4.98 Å². The van der Waals surface area contributed by atoms with Crippen LogP contribution in [0.5, 0.6) is 0 Å². The number of rotatable bonds is 4. The summed E-state index contributed by atoms with van der Waals surface area (Å²) in [6.45, 7) is 4.86. The largest absolute Gasteiger partial charge is 0.304 e. The molecule has 1 unspecified atom stereocenters.